The number of halogens is 1. The largest absolute Gasteiger partial charge is 0.381 e. The molecule has 1 heterocycles. The van der Waals surface area contributed by atoms with Gasteiger partial charge in [-0.05, 0) is 25.2 Å². The van der Waals surface area contributed by atoms with Crippen molar-refractivity contribution in [1.29, 1.82) is 0 Å². The van der Waals surface area contributed by atoms with Crippen LogP contribution in [0.15, 0.2) is 0 Å². The fourth-order valence-electron chi connectivity index (χ4n) is 1.59. The van der Waals surface area contributed by atoms with E-state index in [9.17, 15) is 0 Å². The molecule has 1 unspecified atom stereocenters. The van der Waals surface area contributed by atoms with Crippen LogP contribution >= 0.6 is 15.9 Å². The fourth-order valence-corrected chi connectivity index (χ4v) is 2.58. The summed E-state index contributed by atoms with van der Waals surface area (Å²) < 4.78 is 5.31. The molecule has 1 aliphatic rings. The van der Waals surface area contributed by atoms with Crippen LogP contribution in [0.2, 0.25) is 0 Å². The second-order valence-electron chi connectivity index (χ2n) is 3.25. The lowest BCUT2D eigenvalue weighted by atomic mass is 9.94. The molecular weight excluding hydrogens is 204 g/mol. The molecular formula is C9H17BrO. The van der Waals surface area contributed by atoms with Crippen molar-refractivity contribution in [2.75, 3.05) is 13.2 Å². The zero-order chi connectivity index (χ0) is 8.10. The molecule has 0 amide bonds. The first-order valence-electron chi connectivity index (χ1n) is 4.56. The van der Waals surface area contributed by atoms with Crippen LogP contribution < -0.4 is 0 Å². The topological polar surface area (TPSA) is 9.23 Å². The predicted molar refractivity (Wildman–Crippen MR) is 51.2 cm³/mol. The Balaban J connectivity index is 2.21. The number of hydrogen-bond donors (Lipinski definition) is 0. The lowest BCUT2D eigenvalue weighted by Crippen LogP contribution is -2.23. The first kappa shape index (κ1) is 9.53. The van der Waals surface area contributed by atoms with E-state index in [1.807, 2.05) is 0 Å². The minimum Gasteiger partial charge on any atom is -0.381 e. The second-order valence-corrected chi connectivity index (χ2v) is 4.43. The highest BCUT2D eigenvalue weighted by atomic mass is 79.9. The molecule has 1 atom stereocenters. The Labute approximate surface area is 77.6 Å². The van der Waals surface area contributed by atoms with Crippen LogP contribution in [0.25, 0.3) is 0 Å². The molecule has 0 bridgehead atoms. The maximum absolute atomic E-state index is 5.31. The van der Waals surface area contributed by atoms with Gasteiger partial charge in [-0.25, -0.2) is 0 Å². The van der Waals surface area contributed by atoms with Gasteiger partial charge in [-0.1, -0.05) is 29.3 Å². The van der Waals surface area contributed by atoms with E-state index < -0.39 is 0 Å². The molecule has 0 N–H and O–H groups in total. The molecule has 66 valence electrons. The van der Waals surface area contributed by atoms with Gasteiger partial charge < -0.3 is 4.74 Å². The summed E-state index contributed by atoms with van der Waals surface area (Å²) in [7, 11) is 0. The van der Waals surface area contributed by atoms with Crippen LogP contribution in [0.5, 0.6) is 0 Å². The Morgan fingerprint density at radius 3 is 2.64 bits per heavy atom. The average molecular weight is 221 g/mol. The Morgan fingerprint density at radius 1 is 1.45 bits per heavy atom. The van der Waals surface area contributed by atoms with Gasteiger partial charge in [-0.2, -0.15) is 0 Å². The van der Waals surface area contributed by atoms with E-state index in [1.165, 1.54) is 25.7 Å². The Bertz CT molecular complexity index is 99.7. The van der Waals surface area contributed by atoms with E-state index in [1.54, 1.807) is 0 Å². The van der Waals surface area contributed by atoms with Gasteiger partial charge in [-0.15, -0.1) is 0 Å². The second kappa shape index (κ2) is 5.15. The van der Waals surface area contributed by atoms with Crippen molar-refractivity contribution in [2.45, 2.75) is 37.4 Å². The molecule has 1 rings (SSSR count). The van der Waals surface area contributed by atoms with Gasteiger partial charge in [0.2, 0.25) is 0 Å². The maximum atomic E-state index is 5.31. The van der Waals surface area contributed by atoms with Crippen molar-refractivity contribution >= 4 is 15.9 Å². The van der Waals surface area contributed by atoms with E-state index in [0.717, 1.165) is 24.0 Å². The summed E-state index contributed by atoms with van der Waals surface area (Å²) in [6, 6.07) is 0. The highest BCUT2D eigenvalue weighted by Crippen LogP contribution is 2.26. The standard InChI is InChI=1S/C9H17BrO/c1-2-3-9(10)8-4-6-11-7-5-8/h8-9H,2-7H2,1H3. The minimum absolute atomic E-state index is 0.733. The van der Waals surface area contributed by atoms with E-state index in [2.05, 4.69) is 22.9 Å². The molecule has 0 aromatic heterocycles. The van der Waals surface area contributed by atoms with Crippen molar-refractivity contribution in [2.24, 2.45) is 5.92 Å². The van der Waals surface area contributed by atoms with Crippen LogP contribution in [0.3, 0.4) is 0 Å². The molecule has 2 heteroatoms. The van der Waals surface area contributed by atoms with Crippen LogP contribution in [0.4, 0.5) is 0 Å². The third kappa shape index (κ3) is 3.12. The number of rotatable bonds is 3. The van der Waals surface area contributed by atoms with Crippen LogP contribution in [0, 0.1) is 5.92 Å². The first-order chi connectivity index (χ1) is 5.34. The SMILES string of the molecule is CCCC(Br)C1CCOCC1. The molecule has 0 aliphatic carbocycles. The van der Waals surface area contributed by atoms with Crippen molar-refractivity contribution in [3.8, 4) is 0 Å². The minimum atomic E-state index is 0.733. The van der Waals surface area contributed by atoms with Gasteiger partial charge in [0.25, 0.3) is 0 Å². The average Bonchev–Trinajstić information content (AvgIpc) is 2.07. The fraction of sp³-hybridized carbons (Fsp3) is 1.00. The van der Waals surface area contributed by atoms with Gasteiger partial charge in [0.05, 0.1) is 0 Å². The first-order valence-corrected chi connectivity index (χ1v) is 5.48. The lowest BCUT2D eigenvalue weighted by molar-refractivity contribution is 0.0656. The van der Waals surface area contributed by atoms with Crippen molar-refractivity contribution in [3.05, 3.63) is 0 Å². The van der Waals surface area contributed by atoms with Crippen LogP contribution in [-0.2, 0) is 4.74 Å². The third-order valence-electron chi connectivity index (χ3n) is 2.34. The number of alkyl halides is 1. The molecule has 1 fully saturated rings. The molecule has 0 aromatic carbocycles. The summed E-state index contributed by atoms with van der Waals surface area (Å²) in [5, 5.41) is 0. The molecule has 11 heavy (non-hydrogen) atoms. The van der Waals surface area contributed by atoms with Crippen molar-refractivity contribution in [1.82, 2.24) is 0 Å². The van der Waals surface area contributed by atoms with Crippen molar-refractivity contribution < 1.29 is 4.74 Å². The highest BCUT2D eigenvalue weighted by molar-refractivity contribution is 9.09. The zero-order valence-corrected chi connectivity index (χ0v) is 8.77. The molecule has 1 aliphatic heterocycles. The number of hydrogen-bond acceptors (Lipinski definition) is 1. The van der Waals surface area contributed by atoms with Gasteiger partial charge in [0.1, 0.15) is 0 Å². The smallest absolute Gasteiger partial charge is 0.0469 e. The van der Waals surface area contributed by atoms with Crippen molar-refractivity contribution in [3.63, 3.8) is 0 Å². The molecule has 0 saturated carbocycles. The summed E-state index contributed by atoms with van der Waals surface area (Å²) in [6.45, 7) is 4.18. The van der Waals surface area contributed by atoms with E-state index in [0.29, 0.717) is 0 Å². The maximum Gasteiger partial charge on any atom is 0.0469 e. The Hall–Kier alpha value is 0.440. The summed E-state index contributed by atoms with van der Waals surface area (Å²) in [5.41, 5.74) is 0. The summed E-state index contributed by atoms with van der Waals surface area (Å²) in [5.74, 6) is 0.865. The van der Waals surface area contributed by atoms with Gasteiger partial charge >= 0.3 is 0 Å². The van der Waals surface area contributed by atoms with Crippen LogP contribution in [0.1, 0.15) is 32.6 Å². The highest BCUT2D eigenvalue weighted by Gasteiger charge is 2.20. The molecule has 1 nitrogen and oxygen atoms in total. The molecule has 0 aromatic rings. The summed E-state index contributed by atoms with van der Waals surface area (Å²) in [4.78, 5) is 0.733. The normalized spacial score (nSPS) is 23.5. The summed E-state index contributed by atoms with van der Waals surface area (Å²) >= 11 is 3.74. The Kier molecular flexibility index (Phi) is 4.46. The van der Waals surface area contributed by atoms with Gasteiger partial charge in [0.15, 0.2) is 0 Å². The molecule has 0 spiro atoms. The van der Waals surface area contributed by atoms with E-state index in [4.69, 9.17) is 4.74 Å². The zero-order valence-electron chi connectivity index (χ0n) is 7.18. The Morgan fingerprint density at radius 2 is 2.09 bits per heavy atom. The number of ether oxygens (including phenoxy) is 1. The van der Waals surface area contributed by atoms with Gasteiger partial charge in [0, 0.05) is 18.0 Å². The predicted octanol–water partition coefficient (Wildman–Crippen LogP) is 2.98. The third-order valence-corrected chi connectivity index (χ3v) is 3.55. The molecule has 0 radical (unpaired) electrons. The van der Waals surface area contributed by atoms with Crippen LogP contribution in [-0.4, -0.2) is 18.0 Å². The monoisotopic (exact) mass is 220 g/mol. The quantitative estimate of drug-likeness (QED) is 0.665. The lowest BCUT2D eigenvalue weighted by Gasteiger charge is -2.26. The van der Waals surface area contributed by atoms with E-state index >= 15 is 0 Å². The van der Waals surface area contributed by atoms with Gasteiger partial charge in [-0.3, -0.25) is 0 Å². The summed E-state index contributed by atoms with van der Waals surface area (Å²) in [6.07, 6.45) is 5.09. The van der Waals surface area contributed by atoms with E-state index in [-0.39, 0.29) is 0 Å². The molecule has 1 saturated heterocycles.